The number of rotatable bonds is 4. The van der Waals surface area contributed by atoms with E-state index in [0.29, 0.717) is 30.8 Å². The van der Waals surface area contributed by atoms with Crippen LogP contribution in [0.1, 0.15) is 18.4 Å². The van der Waals surface area contributed by atoms with E-state index in [0.717, 1.165) is 23.6 Å². The van der Waals surface area contributed by atoms with Gasteiger partial charge in [0.15, 0.2) is 0 Å². The van der Waals surface area contributed by atoms with Gasteiger partial charge in [-0.2, -0.15) is 11.8 Å². The van der Waals surface area contributed by atoms with E-state index in [1.54, 1.807) is 6.07 Å². The first-order valence-electron chi connectivity index (χ1n) is 8.18. The minimum atomic E-state index is -3.22. The van der Waals surface area contributed by atoms with Crippen LogP contribution in [0.15, 0.2) is 18.2 Å². The number of halogens is 1. The molecular formula is C16H24ClN3O3S2. The summed E-state index contributed by atoms with van der Waals surface area (Å²) >= 11 is 1.86. The van der Waals surface area contributed by atoms with Crippen LogP contribution < -0.4 is 14.9 Å². The number of nitrogens with zero attached hydrogens (tertiary/aromatic N) is 1. The number of benzene rings is 1. The number of hydrogen-bond donors (Lipinski definition) is 2. The molecule has 140 valence electrons. The predicted molar refractivity (Wildman–Crippen MR) is 107 cm³/mol. The van der Waals surface area contributed by atoms with Crippen molar-refractivity contribution in [1.82, 2.24) is 5.32 Å². The summed E-state index contributed by atoms with van der Waals surface area (Å²) in [6.45, 7) is 3.33. The fourth-order valence-corrected chi connectivity index (χ4v) is 5.62. The molecule has 0 aliphatic carbocycles. The van der Waals surface area contributed by atoms with Crippen LogP contribution in [-0.2, 0) is 14.8 Å². The third-order valence-electron chi connectivity index (χ3n) is 4.29. The topological polar surface area (TPSA) is 78.5 Å². The van der Waals surface area contributed by atoms with Gasteiger partial charge in [0, 0.05) is 42.7 Å². The summed E-state index contributed by atoms with van der Waals surface area (Å²) in [6.07, 6.45) is 1.07. The van der Waals surface area contributed by atoms with Crippen LogP contribution in [0.2, 0.25) is 0 Å². The highest BCUT2D eigenvalue weighted by molar-refractivity contribution is 7.99. The SMILES string of the molecule is Cc1ccc(NC(=O)CC2CSCCN2)cc1N1CCCS1(=O)=O.Cl. The molecule has 25 heavy (non-hydrogen) atoms. The van der Waals surface area contributed by atoms with Crippen LogP contribution in [0.3, 0.4) is 0 Å². The largest absolute Gasteiger partial charge is 0.326 e. The maximum Gasteiger partial charge on any atom is 0.235 e. The average Bonchev–Trinajstić information content (AvgIpc) is 2.89. The number of carbonyl (C=O) groups is 1. The molecule has 1 atom stereocenters. The summed E-state index contributed by atoms with van der Waals surface area (Å²) in [5.74, 6) is 2.17. The minimum Gasteiger partial charge on any atom is -0.326 e. The predicted octanol–water partition coefficient (Wildman–Crippen LogP) is 1.99. The van der Waals surface area contributed by atoms with Gasteiger partial charge in [-0.05, 0) is 31.0 Å². The van der Waals surface area contributed by atoms with Gasteiger partial charge in [0.2, 0.25) is 15.9 Å². The van der Waals surface area contributed by atoms with E-state index >= 15 is 0 Å². The van der Waals surface area contributed by atoms with Gasteiger partial charge in [-0.15, -0.1) is 12.4 Å². The number of nitrogens with one attached hydrogen (secondary N) is 2. The molecule has 2 aliphatic rings. The van der Waals surface area contributed by atoms with E-state index < -0.39 is 10.0 Å². The second kappa shape index (κ2) is 8.62. The molecule has 0 radical (unpaired) electrons. The third-order valence-corrected chi connectivity index (χ3v) is 7.28. The van der Waals surface area contributed by atoms with Crippen molar-refractivity contribution in [3.05, 3.63) is 23.8 Å². The van der Waals surface area contributed by atoms with Crippen molar-refractivity contribution in [1.29, 1.82) is 0 Å². The molecule has 0 bridgehead atoms. The number of carbonyl (C=O) groups excluding carboxylic acids is 1. The summed E-state index contributed by atoms with van der Waals surface area (Å²) in [6, 6.07) is 5.64. The Morgan fingerprint density at radius 2 is 2.24 bits per heavy atom. The number of aryl methyl sites for hydroxylation is 1. The van der Waals surface area contributed by atoms with Gasteiger partial charge < -0.3 is 10.6 Å². The first kappa shape index (κ1) is 20.4. The molecule has 1 aromatic carbocycles. The monoisotopic (exact) mass is 405 g/mol. The maximum absolute atomic E-state index is 12.2. The molecule has 2 N–H and O–H groups in total. The van der Waals surface area contributed by atoms with Crippen molar-refractivity contribution in [2.45, 2.75) is 25.8 Å². The molecule has 2 fully saturated rings. The lowest BCUT2D eigenvalue weighted by Crippen LogP contribution is -2.39. The fourth-order valence-electron chi connectivity index (χ4n) is 3.05. The van der Waals surface area contributed by atoms with Crippen molar-refractivity contribution in [3.8, 4) is 0 Å². The van der Waals surface area contributed by atoms with Crippen LogP contribution in [0.25, 0.3) is 0 Å². The van der Waals surface area contributed by atoms with Gasteiger partial charge in [-0.3, -0.25) is 9.10 Å². The quantitative estimate of drug-likeness (QED) is 0.800. The van der Waals surface area contributed by atoms with E-state index in [4.69, 9.17) is 0 Å². The second-order valence-corrected chi connectivity index (χ2v) is 9.38. The summed E-state index contributed by atoms with van der Waals surface area (Å²) < 4.78 is 25.7. The smallest absolute Gasteiger partial charge is 0.235 e. The Bertz CT molecular complexity index is 721. The lowest BCUT2D eigenvalue weighted by Gasteiger charge is -2.23. The van der Waals surface area contributed by atoms with Gasteiger partial charge >= 0.3 is 0 Å². The summed E-state index contributed by atoms with van der Waals surface area (Å²) in [7, 11) is -3.22. The molecule has 1 amide bonds. The molecule has 1 unspecified atom stereocenters. The van der Waals surface area contributed by atoms with Crippen molar-refractivity contribution in [3.63, 3.8) is 0 Å². The molecule has 0 spiro atoms. The van der Waals surface area contributed by atoms with Crippen LogP contribution in [-0.4, -0.2) is 50.7 Å². The molecular weight excluding hydrogens is 382 g/mol. The van der Waals surface area contributed by atoms with Gasteiger partial charge in [-0.25, -0.2) is 8.42 Å². The van der Waals surface area contributed by atoms with Crippen LogP contribution in [0.4, 0.5) is 11.4 Å². The average molecular weight is 406 g/mol. The van der Waals surface area contributed by atoms with E-state index in [1.807, 2.05) is 30.8 Å². The molecule has 1 aromatic rings. The van der Waals surface area contributed by atoms with Gasteiger partial charge in [0.1, 0.15) is 0 Å². The van der Waals surface area contributed by atoms with Crippen molar-refractivity contribution >= 4 is 51.5 Å². The zero-order chi connectivity index (χ0) is 17.2. The normalized spacial score (nSPS) is 22.3. The minimum absolute atomic E-state index is 0. The molecule has 0 saturated carbocycles. The Morgan fingerprint density at radius 1 is 1.44 bits per heavy atom. The zero-order valence-electron chi connectivity index (χ0n) is 14.2. The first-order chi connectivity index (χ1) is 11.5. The Balaban J connectivity index is 0.00000225. The summed E-state index contributed by atoms with van der Waals surface area (Å²) in [5, 5.41) is 6.24. The molecule has 0 aromatic heterocycles. The van der Waals surface area contributed by atoms with Crippen molar-refractivity contribution < 1.29 is 13.2 Å². The third kappa shape index (κ3) is 5.03. The highest BCUT2D eigenvalue weighted by atomic mass is 35.5. The lowest BCUT2D eigenvalue weighted by molar-refractivity contribution is -0.116. The molecule has 2 heterocycles. The maximum atomic E-state index is 12.2. The highest BCUT2D eigenvalue weighted by Gasteiger charge is 2.29. The molecule has 2 saturated heterocycles. The number of amides is 1. The molecule has 2 aliphatic heterocycles. The van der Waals surface area contributed by atoms with E-state index in [-0.39, 0.29) is 30.1 Å². The first-order valence-corrected chi connectivity index (χ1v) is 10.9. The Labute approximate surface area is 159 Å². The number of sulfonamides is 1. The molecule has 9 heteroatoms. The van der Waals surface area contributed by atoms with Gasteiger partial charge in [-0.1, -0.05) is 6.07 Å². The van der Waals surface area contributed by atoms with Crippen molar-refractivity contribution in [2.24, 2.45) is 0 Å². The second-order valence-electron chi connectivity index (χ2n) is 6.22. The highest BCUT2D eigenvalue weighted by Crippen LogP contribution is 2.30. The number of anilines is 2. The zero-order valence-corrected chi connectivity index (χ0v) is 16.6. The molecule has 6 nitrogen and oxygen atoms in total. The number of thioether (sulfide) groups is 1. The van der Waals surface area contributed by atoms with E-state index in [9.17, 15) is 13.2 Å². The number of hydrogen-bond acceptors (Lipinski definition) is 5. The standard InChI is InChI=1S/C16H23N3O3S2.ClH/c1-12-3-4-13(9-15(12)19-6-2-8-24(19,21)22)18-16(20)10-14-11-23-7-5-17-14;/h3-4,9,14,17H,2,5-8,10-11H2,1H3,(H,18,20);1H. The van der Waals surface area contributed by atoms with Crippen LogP contribution in [0.5, 0.6) is 0 Å². The Morgan fingerprint density at radius 3 is 2.88 bits per heavy atom. The fraction of sp³-hybridized carbons (Fsp3) is 0.562. The Hall–Kier alpha value is -0.960. The summed E-state index contributed by atoms with van der Waals surface area (Å²) in [5.41, 5.74) is 2.20. The van der Waals surface area contributed by atoms with Gasteiger partial charge in [0.25, 0.3) is 0 Å². The Kier molecular flexibility index (Phi) is 7.01. The van der Waals surface area contributed by atoms with E-state index in [1.165, 1.54) is 4.31 Å². The van der Waals surface area contributed by atoms with Crippen LogP contribution >= 0.6 is 24.2 Å². The van der Waals surface area contributed by atoms with E-state index in [2.05, 4.69) is 10.6 Å². The molecule has 3 rings (SSSR count). The van der Waals surface area contributed by atoms with Gasteiger partial charge in [0.05, 0.1) is 11.4 Å². The summed E-state index contributed by atoms with van der Waals surface area (Å²) in [4.78, 5) is 12.2. The van der Waals surface area contributed by atoms with Crippen molar-refractivity contribution in [2.75, 3.05) is 40.0 Å². The lowest BCUT2D eigenvalue weighted by atomic mass is 10.1. The van der Waals surface area contributed by atoms with Crippen LogP contribution in [0, 0.1) is 6.92 Å².